The average Bonchev–Trinajstić information content (AvgIpc) is 2.55. The zero-order valence-electron chi connectivity index (χ0n) is 12.8. The van der Waals surface area contributed by atoms with E-state index < -0.39 is 0 Å². The van der Waals surface area contributed by atoms with Crippen LogP contribution >= 0.6 is 0 Å². The quantitative estimate of drug-likeness (QED) is 0.911. The Balaban J connectivity index is 1.70. The van der Waals surface area contributed by atoms with Crippen LogP contribution in [0.3, 0.4) is 0 Å². The molecule has 22 heavy (non-hydrogen) atoms. The third-order valence-electron chi connectivity index (χ3n) is 4.72. The van der Waals surface area contributed by atoms with Gasteiger partial charge in [-0.05, 0) is 29.2 Å². The molecule has 2 aromatic rings. The second-order valence-corrected chi connectivity index (χ2v) is 6.22. The first kappa shape index (κ1) is 15.0. The highest BCUT2D eigenvalue weighted by atomic mass is 16.3. The van der Waals surface area contributed by atoms with E-state index in [9.17, 15) is 9.90 Å². The first-order valence-corrected chi connectivity index (χ1v) is 8.15. The van der Waals surface area contributed by atoms with Gasteiger partial charge in [0.25, 0.3) is 0 Å². The van der Waals surface area contributed by atoms with Crippen molar-refractivity contribution in [3.8, 4) is 0 Å². The Kier molecular flexibility index (Phi) is 4.74. The van der Waals surface area contributed by atoms with Gasteiger partial charge in [0.1, 0.15) is 0 Å². The van der Waals surface area contributed by atoms with E-state index >= 15 is 0 Å². The summed E-state index contributed by atoms with van der Waals surface area (Å²) in [4.78, 5) is 12.4. The van der Waals surface area contributed by atoms with Crippen molar-refractivity contribution in [1.82, 2.24) is 5.32 Å². The molecule has 1 aliphatic carbocycles. The van der Waals surface area contributed by atoms with Gasteiger partial charge in [0.2, 0.25) is 5.91 Å². The summed E-state index contributed by atoms with van der Waals surface area (Å²) in [5.74, 6) is 0.270. The van der Waals surface area contributed by atoms with Crippen molar-refractivity contribution in [2.75, 3.05) is 6.61 Å². The summed E-state index contributed by atoms with van der Waals surface area (Å²) in [6, 6.07) is 14.4. The summed E-state index contributed by atoms with van der Waals surface area (Å²) >= 11 is 0. The lowest BCUT2D eigenvalue weighted by molar-refractivity contribution is -0.121. The van der Waals surface area contributed by atoms with Crippen LogP contribution in [0.25, 0.3) is 10.8 Å². The molecule has 0 aromatic heterocycles. The lowest BCUT2D eigenvalue weighted by Gasteiger charge is -2.30. The Morgan fingerprint density at radius 2 is 1.86 bits per heavy atom. The molecule has 2 aromatic carbocycles. The second kappa shape index (κ2) is 6.93. The van der Waals surface area contributed by atoms with Gasteiger partial charge in [0, 0.05) is 18.6 Å². The number of nitrogens with one attached hydrogen (secondary N) is 1. The molecule has 0 saturated heterocycles. The minimum Gasteiger partial charge on any atom is -0.396 e. The molecule has 1 saturated carbocycles. The topological polar surface area (TPSA) is 49.3 Å². The van der Waals surface area contributed by atoms with Crippen LogP contribution in [0.15, 0.2) is 42.5 Å². The fraction of sp³-hybridized carbons (Fsp3) is 0.421. The van der Waals surface area contributed by atoms with Crippen LogP contribution in [-0.2, 0) is 11.2 Å². The lowest BCUT2D eigenvalue weighted by atomic mass is 9.85. The Hall–Kier alpha value is -1.87. The van der Waals surface area contributed by atoms with Gasteiger partial charge in [-0.1, -0.05) is 55.3 Å². The Morgan fingerprint density at radius 1 is 1.09 bits per heavy atom. The fourth-order valence-corrected chi connectivity index (χ4v) is 3.49. The molecule has 3 heteroatoms. The molecule has 1 fully saturated rings. The minimum atomic E-state index is 0.0571. The average molecular weight is 297 g/mol. The molecule has 0 spiro atoms. The van der Waals surface area contributed by atoms with Gasteiger partial charge in [-0.15, -0.1) is 0 Å². The number of amides is 1. The van der Waals surface area contributed by atoms with Crippen LogP contribution in [0.4, 0.5) is 0 Å². The Morgan fingerprint density at radius 3 is 2.73 bits per heavy atom. The fourth-order valence-electron chi connectivity index (χ4n) is 3.49. The van der Waals surface area contributed by atoms with Crippen molar-refractivity contribution in [1.29, 1.82) is 0 Å². The SMILES string of the molecule is O=C(Cc1cccc2ccccc12)NC1CCCCC1CO. The van der Waals surface area contributed by atoms with Crippen molar-refractivity contribution in [2.24, 2.45) is 5.92 Å². The van der Waals surface area contributed by atoms with E-state index in [2.05, 4.69) is 23.5 Å². The molecule has 116 valence electrons. The zero-order chi connectivity index (χ0) is 15.4. The monoisotopic (exact) mass is 297 g/mol. The normalized spacial score (nSPS) is 21.7. The van der Waals surface area contributed by atoms with Crippen LogP contribution < -0.4 is 5.32 Å². The van der Waals surface area contributed by atoms with Crippen LogP contribution in [0.2, 0.25) is 0 Å². The van der Waals surface area contributed by atoms with Gasteiger partial charge in [-0.2, -0.15) is 0 Å². The van der Waals surface area contributed by atoms with E-state index in [1.807, 2.05) is 24.3 Å². The molecule has 0 radical (unpaired) electrons. The molecule has 0 bridgehead atoms. The molecule has 3 nitrogen and oxygen atoms in total. The predicted molar refractivity (Wildman–Crippen MR) is 88.6 cm³/mol. The van der Waals surface area contributed by atoms with Crippen molar-refractivity contribution in [2.45, 2.75) is 38.1 Å². The predicted octanol–water partition coefficient (Wildman–Crippen LogP) is 3.05. The van der Waals surface area contributed by atoms with E-state index in [0.717, 1.165) is 36.6 Å². The number of fused-ring (bicyclic) bond motifs is 1. The standard InChI is InChI=1S/C19H23NO2/c21-13-16-7-2-4-11-18(16)20-19(22)12-15-9-5-8-14-6-1-3-10-17(14)15/h1,3,5-6,8-10,16,18,21H,2,4,7,11-13H2,(H,20,22). The van der Waals surface area contributed by atoms with Gasteiger partial charge < -0.3 is 10.4 Å². The van der Waals surface area contributed by atoms with Crippen molar-refractivity contribution in [3.05, 3.63) is 48.0 Å². The molecular weight excluding hydrogens is 274 g/mol. The maximum atomic E-state index is 12.4. The summed E-state index contributed by atoms with van der Waals surface area (Å²) in [6.45, 7) is 0.166. The maximum Gasteiger partial charge on any atom is 0.224 e. The minimum absolute atomic E-state index is 0.0571. The number of rotatable bonds is 4. The Bertz CT molecular complexity index is 647. The maximum absolute atomic E-state index is 12.4. The summed E-state index contributed by atoms with van der Waals surface area (Å²) in [5, 5.41) is 14.9. The molecule has 1 amide bonds. The number of aliphatic hydroxyl groups is 1. The van der Waals surface area contributed by atoms with E-state index in [4.69, 9.17) is 0 Å². The van der Waals surface area contributed by atoms with Gasteiger partial charge in [-0.25, -0.2) is 0 Å². The van der Waals surface area contributed by atoms with Gasteiger partial charge >= 0.3 is 0 Å². The van der Waals surface area contributed by atoms with Crippen LogP contribution in [0, 0.1) is 5.92 Å². The molecule has 2 unspecified atom stereocenters. The van der Waals surface area contributed by atoms with Crippen molar-refractivity contribution >= 4 is 16.7 Å². The molecular formula is C19H23NO2. The smallest absolute Gasteiger partial charge is 0.224 e. The van der Waals surface area contributed by atoms with Gasteiger partial charge in [0.15, 0.2) is 0 Å². The van der Waals surface area contributed by atoms with Gasteiger partial charge in [0.05, 0.1) is 6.42 Å². The molecule has 0 aliphatic heterocycles. The van der Waals surface area contributed by atoms with E-state index in [0.29, 0.717) is 6.42 Å². The van der Waals surface area contributed by atoms with Crippen molar-refractivity contribution < 1.29 is 9.90 Å². The van der Waals surface area contributed by atoms with Crippen molar-refractivity contribution in [3.63, 3.8) is 0 Å². The molecule has 2 atom stereocenters. The van der Waals surface area contributed by atoms with Crippen LogP contribution in [0.1, 0.15) is 31.2 Å². The molecule has 3 rings (SSSR count). The second-order valence-electron chi connectivity index (χ2n) is 6.22. The summed E-state index contributed by atoms with van der Waals surface area (Å²) < 4.78 is 0. The van der Waals surface area contributed by atoms with Crippen LogP contribution in [0.5, 0.6) is 0 Å². The number of carbonyl (C=O) groups is 1. The number of hydrogen-bond acceptors (Lipinski definition) is 2. The molecule has 2 N–H and O–H groups in total. The number of benzene rings is 2. The number of carbonyl (C=O) groups excluding carboxylic acids is 1. The highest BCUT2D eigenvalue weighted by Crippen LogP contribution is 2.24. The summed E-state index contributed by atoms with van der Waals surface area (Å²) in [5.41, 5.74) is 1.06. The molecule has 0 heterocycles. The largest absolute Gasteiger partial charge is 0.396 e. The van der Waals surface area contributed by atoms with Crippen LogP contribution in [-0.4, -0.2) is 23.7 Å². The number of hydrogen-bond donors (Lipinski definition) is 2. The summed E-state index contributed by atoms with van der Waals surface area (Å²) in [6.07, 6.45) is 4.68. The highest BCUT2D eigenvalue weighted by molar-refractivity contribution is 5.90. The molecule has 1 aliphatic rings. The third kappa shape index (κ3) is 3.30. The first-order valence-electron chi connectivity index (χ1n) is 8.15. The van der Waals surface area contributed by atoms with E-state index in [1.165, 1.54) is 5.39 Å². The lowest BCUT2D eigenvalue weighted by Crippen LogP contribution is -2.44. The zero-order valence-corrected chi connectivity index (χ0v) is 12.8. The van der Waals surface area contributed by atoms with E-state index in [1.54, 1.807) is 0 Å². The third-order valence-corrected chi connectivity index (χ3v) is 4.72. The highest BCUT2D eigenvalue weighted by Gasteiger charge is 2.25. The van der Waals surface area contributed by atoms with E-state index in [-0.39, 0.29) is 24.5 Å². The summed E-state index contributed by atoms with van der Waals surface area (Å²) in [7, 11) is 0. The van der Waals surface area contributed by atoms with Gasteiger partial charge in [-0.3, -0.25) is 4.79 Å². The Labute approximate surface area is 131 Å². The first-order chi connectivity index (χ1) is 10.8. The number of aliphatic hydroxyl groups excluding tert-OH is 1.